The van der Waals surface area contributed by atoms with Crippen LogP contribution >= 0.6 is 0 Å². The Labute approximate surface area is 133 Å². The zero-order valence-corrected chi connectivity index (χ0v) is 12.3. The van der Waals surface area contributed by atoms with Crippen LogP contribution in [0.4, 0.5) is 26.3 Å². The molecule has 0 saturated heterocycles. The number of carbonyl (C=O) groups excluding carboxylic acids is 1. The van der Waals surface area contributed by atoms with E-state index in [4.69, 9.17) is 0 Å². The fourth-order valence-electron chi connectivity index (χ4n) is 2.25. The van der Waals surface area contributed by atoms with E-state index in [0.29, 0.717) is 12.1 Å². The van der Waals surface area contributed by atoms with Gasteiger partial charge in [-0.25, -0.2) is 26.3 Å². The molecule has 0 aromatic heterocycles. The molecule has 0 radical (unpaired) electrons. The molecule has 2 aromatic carbocycles. The van der Waals surface area contributed by atoms with Gasteiger partial charge in [-0.05, 0) is 37.1 Å². The average Bonchev–Trinajstić information content (AvgIpc) is 2.54. The quantitative estimate of drug-likeness (QED) is 0.549. The maximum absolute atomic E-state index is 13.4. The van der Waals surface area contributed by atoms with E-state index in [2.05, 4.69) is 0 Å². The van der Waals surface area contributed by atoms with Gasteiger partial charge in [0.05, 0.1) is 0 Å². The summed E-state index contributed by atoms with van der Waals surface area (Å²) in [4.78, 5) is 11.7. The average molecular weight is 346 g/mol. The van der Waals surface area contributed by atoms with Crippen LogP contribution in [-0.2, 0) is 17.6 Å². The Hall–Kier alpha value is -2.31. The SMILES string of the molecule is O=C(CCc1c(F)ccc(F)c1F)CCc1c(F)ccc(F)c1F. The van der Waals surface area contributed by atoms with Gasteiger partial charge in [0.15, 0.2) is 23.3 Å². The van der Waals surface area contributed by atoms with Crippen LogP contribution in [0.1, 0.15) is 24.0 Å². The number of hydrogen-bond donors (Lipinski definition) is 0. The van der Waals surface area contributed by atoms with E-state index < -0.39 is 51.8 Å². The van der Waals surface area contributed by atoms with Gasteiger partial charge in [0.2, 0.25) is 0 Å². The third-order valence-electron chi connectivity index (χ3n) is 3.59. The normalized spacial score (nSPS) is 10.9. The van der Waals surface area contributed by atoms with Crippen molar-refractivity contribution in [3.05, 3.63) is 70.3 Å². The predicted octanol–water partition coefficient (Wildman–Crippen LogP) is 4.66. The monoisotopic (exact) mass is 346 g/mol. The second kappa shape index (κ2) is 7.51. The maximum atomic E-state index is 13.4. The minimum Gasteiger partial charge on any atom is -0.300 e. The van der Waals surface area contributed by atoms with Crippen LogP contribution in [0.15, 0.2) is 24.3 Å². The summed E-state index contributed by atoms with van der Waals surface area (Å²) in [5, 5.41) is 0. The van der Waals surface area contributed by atoms with E-state index in [1.807, 2.05) is 0 Å². The fraction of sp³-hybridized carbons (Fsp3) is 0.235. The first-order valence-corrected chi connectivity index (χ1v) is 7.07. The van der Waals surface area contributed by atoms with E-state index in [-0.39, 0.29) is 25.7 Å². The molecule has 0 fully saturated rings. The molecule has 1 nitrogen and oxygen atoms in total. The Morgan fingerprint density at radius 1 is 0.625 bits per heavy atom. The predicted molar refractivity (Wildman–Crippen MR) is 74.3 cm³/mol. The first-order valence-electron chi connectivity index (χ1n) is 7.07. The third-order valence-corrected chi connectivity index (χ3v) is 3.59. The Kier molecular flexibility index (Phi) is 5.64. The van der Waals surface area contributed by atoms with Crippen LogP contribution in [0.5, 0.6) is 0 Å². The molecular weight excluding hydrogens is 334 g/mol. The molecule has 0 aliphatic heterocycles. The van der Waals surface area contributed by atoms with Gasteiger partial charge in [0.1, 0.15) is 17.4 Å². The number of halogens is 6. The molecule has 0 unspecified atom stereocenters. The maximum Gasteiger partial charge on any atom is 0.164 e. The highest BCUT2D eigenvalue weighted by atomic mass is 19.2. The van der Waals surface area contributed by atoms with Crippen LogP contribution in [0.3, 0.4) is 0 Å². The van der Waals surface area contributed by atoms with Crippen molar-refractivity contribution in [2.75, 3.05) is 0 Å². The molecule has 0 amide bonds. The molecule has 0 atom stereocenters. The smallest absolute Gasteiger partial charge is 0.164 e. The van der Waals surface area contributed by atoms with Crippen molar-refractivity contribution in [3.8, 4) is 0 Å². The van der Waals surface area contributed by atoms with Crippen LogP contribution in [0.2, 0.25) is 0 Å². The van der Waals surface area contributed by atoms with E-state index in [9.17, 15) is 31.1 Å². The summed E-state index contributed by atoms with van der Waals surface area (Å²) < 4.78 is 79.8. The lowest BCUT2D eigenvalue weighted by molar-refractivity contribution is -0.119. The molecule has 0 saturated carbocycles. The molecule has 2 aromatic rings. The highest BCUT2D eigenvalue weighted by molar-refractivity contribution is 5.78. The molecule has 0 N–H and O–H groups in total. The topological polar surface area (TPSA) is 17.1 Å². The van der Waals surface area contributed by atoms with Gasteiger partial charge in [-0.1, -0.05) is 0 Å². The number of benzene rings is 2. The van der Waals surface area contributed by atoms with Crippen LogP contribution in [0, 0.1) is 34.9 Å². The van der Waals surface area contributed by atoms with Gasteiger partial charge in [-0.15, -0.1) is 0 Å². The van der Waals surface area contributed by atoms with Gasteiger partial charge in [-0.3, -0.25) is 4.79 Å². The Bertz CT molecular complexity index is 709. The summed E-state index contributed by atoms with van der Waals surface area (Å²) >= 11 is 0. The second-order valence-corrected chi connectivity index (χ2v) is 5.18. The Morgan fingerprint density at radius 3 is 1.33 bits per heavy atom. The van der Waals surface area contributed by atoms with Gasteiger partial charge in [0, 0.05) is 24.0 Å². The van der Waals surface area contributed by atoms with Crippen LogP contribution < -0.4 is 0 Å². The Morgan fingerprint density at radius 2 is 0.958 bits per heavy atom. The first kappa shape index (κ1) is 18.0. The first-order chi connectivity index (χ1) is 11.3. The number of Topliss-reactive ketones (excluding diaryl/α,β-unsaturated/α-hetero) is 1. The fourth-order valence-corrected chi connectivity index (χ4v) is 2.25. The summed E-state index contributed by atoms with van der Waals surface area (Å²) in [6.45, 7) is 0. The lowest BCUT2D eigenvalue weighted by Gasteiger charge is -2.07. The van der Waals surface area contributed by atoms with Gasteiger partial charge in [-0.2, -0.15) is 0 Å². The number of ketones is 1. The number of carbonyl (C=O) groups is 1. The summed E-state index contributed by atoms with van der Waals surface area (Å²) in [6, 6.07) is 2.75. The molecule has 24 heavy (non-hydrogen) atoms. The summed E-state index contributed by atoms with van der Waals surface area (Å²) in [7, 11) is 0. The minimum atomic E-state index is -1.37. The van der Waals surface area contributed by atoms with E-state index in [0.717, 1.165) is 12.1 Å². The number of rotatable bonds is 6. The van der Waals surface area contributed by atoms with Crippen molar-refractivity contribution in [2.45, 2.75) is 25.7 Å². The van der Waals surface area contributed by atoms with Crippen LogP contribution in [-0.4, -0.2) is 5.78 Å². The van der Waals surface area contributed by atoms with Gasteiger partial charge >= 0.3 is 0 Å². The standard InChI is InChI=1S/C17H12F6O/c18-12-5-7-14(20)16(22)10(12)3-1-9(24)2-4-11-13(19)6-8-15(21)17(11)23/h5-8H,1-4H2. The molecule has 0 aliphatic carbocycles. The van der Waals surface area contributed by atoms with Crippen molar-refractivity contribution in [1.82, 2.24) is 0 Å². The van der Waals surface area contributed by atoms with E-state index in [1.165, 1.54) is 0 Å². The lowest BCUT2D eigenvalue weighted by atomic mass is 10.0. The minimum absolute atomic E-state index is 0.337. The molecule has 128 valence electrons. The lowest BCUT2D eigenvalue weighted by Crippen LogP contribution is -2.07. The van der Waals surface area contributed by atoms with Gasteiger partial charge < -0.3 is 0 Å². The summed E-state index contributed by atoms with van der Waals surface area (Å²) in [5.74, 6) is -7.71. The second-order valence-electron chi connectivity index (χ2n) is 5.18. The molecule has 0 aliphatic rings. The molecular formula is C17H12F6O. The highest BCUT2D eigenvalue weighted by Gasteiger charge is 2.17. The zero-order valence-electron chi connectivity index (χ0n) is 12.3. The number of hydrogen-bond acceptors (Lipinski definition) is 1. The van der Waals surface area contributed by atoms with Crippen LogP contribution in [0.25, 0.3) is 0 Å². The molecule has 7 heteroatoms. The van der Waals surface area contributed by atoms with Crippen molar-refractivity contribution in [2.24, 2.45) is 0 Å². The van der Waals surface area contributed by atoms with E-state index >= 15 is 0 Å². The van der Waals surface area contributed by atoms with Crippen molar-refractivity contribution < 1.29 is 31.1 Å². The molecule has 2 rings (SSSR count). The summed E-state index contributed by atoms with van der Waals surface area (Å²) in [5.41, 5.74) is -1.13. The van der Waals surface area contributed by atoms with Crippen molar-refractivity contribution >= 4 is 5.78 Å². The summed E-state index contributed by atoms with van der Waals surface area (Å²) in [6.07, 6.45) is -1.45. The van der Waals surface area contributed by atoms with Crippen molar-refractivity contribution in [1.29, 1.82) is 0 Å². The third kappa shape index (κ3) is 3.96. The Balaban J connectivity index is 1.98. The molecule has 0 bridgehead atoms. The zero-order chi connectivity index (χ0) is 17.9. The largest absolute Gasteiger partial charge is 0.300 e. The molecule has 0 heterocycles. The molecule has 0 spiro atoms. The van der Waals surface area contributed by atoms with E-state index in [1.54, 1.807) is 0 Å². The van der Waals surface area contributed by atoms with Gasteiger partial charge in [0.25, 0.3) is 0 Å². The van der Waals surface area contributed by atoms with Crippen molar-refractivity contribution in [3.63, 3.8) is 0 Å². The highest BCUT2D eigenvalue weighted by Crippen LogP contribution is 2.20.